The van der Waals surface area contributed by atoms with E-state index >= 15 is 0 Å². The Morgan fingerprint density at radius 2 is 1.79 bits per heavy atom. The number of para-hydroxylation sites is 1. The number of ether oxygens (including phenoxy) is 1. The van der Waals surface area contributed by atoms with E-state index < -0.39 is 0 Å². The van der Waals surface area contributed by atoms with Crippen LogP contribution >= 0.6 is 8.58 Å². The van der Waals surface area contributed by atoms with Gasteiger partial charge in [-0.15, -0.1) is 0 Å². The smallest absolute Gasteiger partial charge is 0.161 e. The van der Waals surface area contributed by atoms with Crippen LogP contribution in [0.25, 0.3) is 0 Å². The monoisotopic (exact) mass is 344 g/mol. The second-order valence-corrected chi connectivity index (χ2v) is 7.62. The van der Waals surface area contributed by atoms with Crippen molar-refractivity contribution >= 4 is 19.7 Å². The Hall–Kier alpha value is -1.86. The molecule has 0 bridgehead atoms. The summed E-state index contributed by atoms with van der Waals surface area (Å²) in [4.78, 5) is 12.0. The summed E-state index contributed by atoms with van der Waals surface area (Å²) in [5.41, 5.74) is 1.66. The molecule has 4 heteroatoms. The van der Waals surface area contributed by atoms with Gasteiger partial charge in [-0.2, -0.15) is 0 Å². The van der Waals surface area contributed by atoms with Crippen LogP contribution in [0.1, 0.15) is 49.5 Å². The summed E-state index contributed by atoms with van der Waals surface area (Å²) in [6.45, 7) is 5.86. The topological polar surface area (TPSA) is 46.5 Å². The zero-order valence-corrected chi connectivity index (χ0v) is 15.7. The summed E-state index contributed by atoms with van der Waals surface area (Å²) in [6, 6.07) is 13.4. The fraction of sp³-hybridized carbons (Fsp3) is 0.350. The number of ketones is 1. The Labute approximate surface area is 145 Å². The van der Waals surface area contributed by atoms with Crippen molar-refractivity contribution in [3.05, 3.63) is 53.6 Å². The molecule has 0 aromatic heterocycles. The molecule has 0 aliphatic rings. The third-order valence-electron chi connectivity index (χ3n) is 4.62. The number of carbonyl (C=O) groups excluding carboxylic acids is 1. The molecule has 24 heavy (non-hydrogen) atoms. The third-order valence-corrected chi connectivity index (χ3v) is 6.78. The maximum absolute atomic E-state index is 12.0. The fourth-order valence-electron chi connectivity index (χ4n) is 3.11. The molecule has 1 unspecified atom stereocenters. The number of rotatable bonds is 7. The lowest BCUT2D eigenvalue weighted by atomic mass is 9.91. The van der Waals surface area contributed by atoms with E-state index in [0.717, 1.165) is 29.3 Å². The van der Waals surface area contributed by atoms with Crippen LogP contribution in [-0.2, 0) is 5.16 Å². The maximum atomic E-state index is 12.0. The molecule has 0 saturated heterocycles. The zero-order valence-electron chi connectivity index (χ0n) is 14.7. The minimum absolute atomic E-state index is 0.0778. The highest BCUT2D eigenvalue weighted by Crippen LogP contribution is 2.51. The van der Waals surface area contributed by atoms with Crippen LogP contribution in [0.5, 0.6) is 11.5 Å². The lowest BCUT2D eigenvalue weighted by Crippen LogP contribution is -2.24. The van der Waals surface area contributed by atoms with Crippen LogP contribution in [0.15, 0.2) is 42.5 Å². The summed E-state index contributed by atoms with van der Waals surface area (Å²) in [6.07, 6.45) is 1.74. The number of phenols is 1. The van der Waals surface area contributed by atoms with E-state index in [2.05, 4.69) is 13.8 Å². The molecule has 1 atom stereocenters. The highest BCUT2D eigenvalue weighted by molar-refractivity contribution is 7.48. The Bertz CT molecular complexity index is 721. The van der Waals surface area contributed by atoms with E-state index in [0.29, 0.717) is 14.3 Å². The number of methoxy groups -OCH3 is 1. The second kappa shape index (κ2) is 7.81. The van der Waals surface area contributed by atoms with Gasteiger partial charge in [-0.05, 0) is 31.1 Å². The summed E-state index contributed by atoms with van der Waals surface area (Å²) in [7, 11) is 1.95. The van der Waals surface area contributed by atoms with Gasteiger partial charge in [0.05, 0.1) is 7.11 Å². The van der Waals surface area contributed by atoms with Crippen LogP contribution in [0.3, 0.4) is 0 Å². The summed E-state index contributed by atoms with van der Waals surface area (Å²) in [5, 5.41) is 11.5. The first-order valence-corrected chi connectivity index (χ1v) is 9.23. The lowest BCUT2D eigenvalue weighted by molar-refractivity contribution is 0.101. The second-order valence-electron chi connectivity index (χ2n) is 5.87. The van der Waals surface area contributed by atoms with Crippen molar-refractivity contribution in [3.8, 4) is 11.5 Å². The van der Waals surface area contributed by atoms with Gasteiger partial charge in [-0.3, -0.25) is 4.79 Å². The number of carbonyl (C=O) groups is 1. The minimum Gasteiger partial charge on any atom is -0.504 e. The van der Waals surface area contributed by atoms with Crippen molar-refractivity contribution in [2.24, 2.45) is 0 Å². The van der Waals surface area contributed by atoms with E-state index in [1.165, 1.54) is 0 Å². The van der Waals surface area contributed by atoms with Crippen LogP contribution in [0.4, 0.5) is 0 Å². The number of phenolic OH excluding ortho intramolecular Hbond substituents is 1. The van der Waals surface area contributed by atoms with Gasteiger partial charge in [0, 0.05) is 16.3 Å². The maximum Gasteiger partial charge on any atom is 0.161 e. The molecule has 2 aromatic rings. The first-order valence-electron chi connectivity index (χ1n) is 8.23. The molecule has 128 valence electrons. The Balaban J connectivity index is 2.56. The predicted octanol–water partition coefficient (Wildman–Crippen LogP) is 4.62. The number of hydrogen-bond acceptors (Lipinski definition) is 3. The van der Waals surface area contributed by atoms with Gasteiger partial charge in [0.15, 0.2) is 17.3 Å². The molecule has 0 radical (unpaired) electrons. The summed E-state index contributed by atoms with van der Waals surface area (Å²) >= 11 is 0. The molecule has 0 aliphatic carbocycles. The molecule has 2 aromatic carbocycles. The van der Waals surface area contributed by atoms with E-state index in [9.17, 15) is 9.90 Å². The van der Waals surface area contributed by atoms with E-state index in [1.54, 1.807) is 20.1 Å². The largest absolute Gasteiger partial charge is 0.504 e. The van der Waals surface area contributed by atoms with Crippen LogP contribution in [0.2, 0.25) is 0 Å². The van der Waals surface area contributed by atoms with E-state index in [4.69, 9.17) is 4.74 Å². The normalized spacial score (nSPS) is 11.8. The summed E-state index contributed by atoms with van der Waals surface area (Å²) in [5.74, 6) is 0.772. The SMILES string of the molecule is CCC(CC)(Pc1ccccc1C(C)=O)c1cccc(OC)c1O. The van der Waals surface area contributed by atoms with Gasteiger partial charge < -0.3 is 9.84 Å². The molecule has 0 heterocycles. The number of Topliss-reactive ketones (excluding diaryl/α,β-unsaturated/α-hetero) is 1. The molecule has 0 amide bonds. The highest BCUT2D eigenvalue weighted by atomic mass is 31.1. The average molecular weight is 344 g/mol. The molecule has 3 nitrogen and oxygen atoms in total. The Morgan fingerprint density at radius 3 is 2.38 bits per heavy atom. The van der Waals surface area contributed by atoms with E-state index in [-0.39, 0.29) is 16.7 Å². The third kappa shape index (κ3) is 3.47. The Kier molecular flexibility index (Phi) is 6.01. The first-order chi connectivity index (χ1) is 11.5. The molecule has 0 aliphatic heterocycles. The number of benzene rings is 2. The Morgan fingerprint density at radius 1 is 1.12 bits per heavy atom. The molecular weight excluding hydrogens is 319 g/mol. The quantitative estimate of drug-likeness (QED) is 0.589. The van der Waals surface area contributed by atoms with Gasteiger partial charge >= 0.3 is 0 Å². The first kappa shape index (κ1) is 18.5. The zero-order chi connectivity index (χ0) is 17.7. The molecule has 0 spiro atoms. The molecule has 2 rings (SSSR count). The minimum atomic E-state index is -0.218. The molecule has 0 saturated carbocycles. The molecular formula is C20H25O3P. The lowest BCUT2D eigenvalue weighted by Gasteiger charge is -2.34. The van der Waals surface area contributed by atoms with Gasteiger partial charge in [0.25, 0.3) is 0 Å². The predicted molar refractivity (Wildman–Crippen MR) is 101 cm³/mol. The van der Waals surface area contributed by atoms with Crippen molar-refractivity contribution in [1.29, 1.82) is 0 Å². The van der Waals surface area contributed by atoms with E-state index in [1.807, 2.05) is 36.4 Å². The van der Waals surface area contributed by atoms with Crippen LogP contribution in [-0.4, -0.2) is 18.0 Å². The molecule has 1 N–H and O–H groups in total. The number of aromatic hydroxyl groups is 1. The van der Waals surface area contributed by atoms with Crippen LogP contribution in [0, 0.1) is 0 Å². The van der Waals surface area contributed by atoms with Crippen molar-refractivity contribution in [2.45, 2.75) is 38.8 Å². The highest BCUT2D eigenvalue weighted by Gasteiger charge is 2.33. The average Bonchev–Trinajstić information content (AvgIpc) is 2.60. The van der Waals surface area contributed by atoms with Crippen molar-refractivity contribution in [3.63, 3.8) is 0 Å². The standard InChI is InChI=1S/C20H25O3P/c1-5-20(6-2,16-11-9-12-17(23-4)19(16)22)24-18-13-8-7-10-15(18)14(3)21/h7-13,22,24H,5-6H2,1-4H3. The fourth-order valence-corrected chi connectivity index (χ4v) is 4.88. The molecule has 0 fully saturated rings. The summed E-state index contributed by atoms with van der Waals surface area (Å²) < 4.78 is 5.28. The van der Waals surface area contributed by atoms with Gasteiger partial charge in [-0.1, -0.05) is 58.8 Å². The van der Waals surface area contributed by atoms with Crippen LogP contribution < -0.4 is 10.0 Å². The van der Waals surface area contributed by atoms with Crippen molar-refractivity contribution in [1.82, 2.24) is 0 Å². The van der Waals surface area contributed by atoms with Gasteiger partial charge in [0.2, 0.25) is 0 Å². The van der Waals surface area contributed by atoms with Crippen molar-refractivity contribution in [2.75, 3.05) is 7.11 Å². The number of hydrogen-bond donors (Lipinski definition) is 1. The van der Waals surface area contributed by atoms with Gasteiger partial charge in [-0.25, -0.2) is 0 Å². The van der Waals surface area contributed by atoms with Gasteiger partial charge in [0.1, 0.15) is 0 Å². The van der Waals surface area contributed by atoms with Crippen molar-refractivity contribution < 1.29 is 14.6 Å².